The molecule has 0 radical (unpaired) electrons. The second-order valence-electron chi connectivity index (χ2n) is 9.48. The van der Waals surface area contributed by atoms with Gasteiger partial charge in [0.15, 0.2) is 0 Å². The fraction of sp³-hybridized carbons (Fsp3) is 0.400. The van der Waals surface area contributed by atoms with Crippen molar-refractivity contribution in [1.29, 1.82) is 0 Å². The van der Waals surface area contributed by atoms with Crippen LogP contribution in [0.25, 0.3) is 0 Å². The third kappa shape index (κ3) is 2.30. The minimum atomic E-state index is -1.20. The van der Waals surface area contributed by atoms with Crippen LogP contribution in [-0.4, -0.2) is 46.7 Å². The van der Waals surface area contributed by atoms with E-state index in [0.717, 1.165) is 24.1 Å². The molecule has 4 aliphatic heterocycles. The molecule has 34 heavy (non-hydrogen) atoms. The summed E-state index contributed by atoms with van der Waals surface area (Å²) in [6.45, 7) is 4.70. The summed E-state index contributed by atoms with van der Waals surface area (Å²) >= 11 is 0. The summed E-state index contributed by atoms with van der Waals surface area (Å²) < 4.78 is 0. The van der Waals surface area contributed by atoms with Gasteiger partial charge in [0.2, 0.25) is 11.8 Å². The Morgan fingerprint density at radius 1 is 1.09 bits per heavy atom. The summed E-state index contributed by atoms with van der Waals surface area (Å²) in [6, 6.07) is 11.5. The van der Waals surface area contributed by atoms with Gasteiger partial charge < -0.3 is 4.90 Å². The van der Waals surface area contributed by atoms with E-state index in [1.165, 1.54) is 23.1 Å². The van der Waals surface area contributed by atoms with Crippen LogP contribution in [0.4, 0.5) is 17.1 Å². The molecule has 3 amide bonds. The van der Waals surface area contributed by atoms with E-state index in [9.17, 15) is 24.5 Å². The standard InChI is InChI=1S/C25H24N4O5/c1-3-26-18-8-5-4-7-16(18)25(24(26)32)21-20(19-9-6-12-27(19)25)22(30)28(23(21)31)17-11-10-15(29(33)34)13-14(17)2/h4-5,7-8,10-11,13,19-21H,3,6,9,12H2,1-2H3/t19-,20+,21-,25-/m0/s1. The van der Waals surface area contributed by atoms with E-state index in [2.05, 4.69) is 4.90 Å². The van der Waals surface area contributed by atoms with E-state index in [-0.39, 0.29) is 23.5 Å². The Labute approximate surface area is 196 Å². The van der Waals surface area contributed by atoms with Crippen molar-refractivity contribution in [2.24, 2.45) is 11.8 Å². The van der Waals surface area contributed by atoms with Crippen molar-refractivity contribution in [3.8, 4) is 0 Å². The number of likely N-dealkylation sites (N-methyl/N-ethyl adjacent to an activating group) is 1. The first-order chi connectivity index (χ1) is 16.3. The zero-order valence-corrected chi connectivity index (χ0v) is 18.9. The summed E-state index contributed by atoms with van der Waals surface area (Å²) in [6.07, 6.45) is 1.60. The van der Waals surface area contributed by atoms with Crippen molar-refractivity contribution >= 4 is 34.8 Å². The molecule has 2 aromatic carbocycles. The molecule has 3 saturated heterocycles. The number of hydrogen-bond donors (Lipinski definition) is 0. The third-order valence-corrected chi connectivity index (χ3v) is 8.09. The number of nitro benzene ring substituents is 1. The minimum absolute atomic E-state index is 0.0996. The fourth-order valence-corrected chi connectivity index (χ4v) is 6.90. The van der Waals surface area contributed by atoms with E-state index >= 15 is 0 Å². The maximum atomic E-state index is 14.1. The number of fused-ring (bicyclic) bond motifs is 7. The lowest BCUT2D eigenvalue weighted by atomic mass is 9.75. The summed E-state index contributed by atoms with van der Waals surface area (Å²) in [5.74, 6) is -2.31. The number of para-hydroxylation sites is 1. The van der Waals surface area contributed by atoms with Gasteiger partial charge in [-0.1, -0.05) is 18.2 Å². The maximum Gasteiger partial charge on any atom is 0.269 e. The molecule has 6 rings (SSSR count). The number of rotatable bonds is 3. The van der Waals surface area contributed by atoms with Gasteiger partial charge in [-0.05, 0) is 50.9 Å². The van der Waals surface area contributed by atoms with Gasteiger partial charge in [0, 0.05) is 36.0 Å². The quantitative estimate of drug-likeness (QED) is 0.396. The lowest BCUT2D eigenvalue weighted by Gasteiger charge is -2.37. The molecule has 2 aromatic rings. The first-order valence-electron chi connectivity index (χ1n) is 11.6. The van der Waals surface area contributed by atoms with Gasteiger partial charge in [-0.15, -0.1) is 0 Å². The van der Waals surface area contributed by atoms with Gasteiger partial charge in [0.05, 0.1) is 22.4 Å². The van der Waals surface area contributed by atoms with Crippen LogP contribution in [0.5, 0.6) is 0 Å². The Morgan fingerprint density at radius 3 is 2.56 bits per heavy atom. The first-order valence-corrected chi connectivity index (χ1v) is 11.6. The molecule has 4 aliphatic rings. The molecule has 0 bridgehead atoms. The minimum Gasteiger partial charge on any atom is -0.310 e. The van der Waals surface area contributed by atoms with Crippen molar-refractivity contribution in [3.63, 3.8) is 0 Å². The average molecular weight is 460 g/mol. The molecule has 1 spiro atoms. The van der Waals surface area contributed by atoms with Gasteiger partial charge in [-0.25, -0.2) is 4.90 Å². The number of amides is 3. The molecule has 3 fully saturated rings. The molecule has 174 valence electrons. The van der Waals surface area contributed by atoms with Crippen molar-refractivity contribution in [1.82, 2.24) is 4.90 Å². The fourth-order valence-electron chi connectivity index (χ4n) is 6.90. The average Bonchev–Trinajstić information content (AvgIpc) is 3.52. The SMILES string of the molecule is CCN1C(=O)[C@]2(c3ccccc31)[C@@H]1C(=O)N(c3ccc([N+](=O)[O-])cc3C)C(=O)[C@@H]1[C@@H]1CCCN12. The molecule has 0 aliphatic carbocycles. The van der Waals surface area contributed by atoms with Crippen LogP contribution in [0.15, 0.2) is 42.5 Å². The molecule has 0 saturated carbocycles. The molecule has 4 atom stereocenters. The number of benzene rings is 2. The monoisotopic (exact) mass is 460 g/mol. The molecule has 0 aromatic heterocycles. The number of carbonyl (C=O) groups is 3. The number of nitrogens with zero attached hydrogens (tertiary/aromatic N) is 4. The highest BCUT2D eigenvalue weighted by Crippen LogP contribution is 2.61. The Kier molecular flexibility index (Phi) is 4.29. The maximum absolute atomic E-state index is 14.1. The molecular weight excluding hydrogens is 436 g/mol. The Hall–Kier alpha value is -3.59. The van der Waals surface area contributed by atoms with Crippen molar-refractivity contribution in [3.05, 3.63) is 63.7 Å². The van der Waals surface area contributed by atoms with Crippen LogP contribution in [0.3, 0.4) is 0 Å². The van der Waals surface area contributed by atoms with Crippen molar-refractivity contribution in [2.45, 2.75) is 38.3 Å². The van der Waals surface area contributed by atoms with Gasteiger partial charge in [-0.2, -0.15) is 0 Å². The Bertz CT molecular complexity index is 1290. The number of nitro groups is 1. The predicted molar refractivity (Wildman–Crippen MR) is 123 cm³/mol. The number of imide groups is 1. The molecule has 9 heteroatoms. The van der Waals surface area contributed by atoms with E-state index in [0.29, 0.717) is 24.3 Å². The first kappa shape index (κ1) is 21.0. The summed E-state index contributed by atoms with van der Waals surface area (Å²) in [4.78, 5) is 57.8. The van der Waals surface area contributed by atoms with Gasteiger partial charge in [0.25, 0.3) is 11.6 Å². The molecule has 0 unspecified atom stereocenters. The second-order valence-corrected chi connectivity index (χ2v) is 9.48. The summed E-state index contributed by atoms with van der Waals surface area (Å²) in [7, 11) is 0. The van der Waals surface area contributed by atoms with Gasteiger partial charge in [0.1, 0.15) is 5.54 Å². The van der Waals surface area contributed by atoms with E-state index in [1.54, 1.807) is 11.8 Å². The number of aryl methyl sites for hydroxylation is 1. The number of non-ortho nitro benzene ring substituents is 1. The summed E-state index contributed by atoms with van der Waals surface area (Å²) in [5, 5.41) is 11.2. The van der Waals surface area contributed by atoms with E-state index in [1.807, 2.05) is 31.2 Å². The highest BCUT2D eigenvalue weighted by Gasteiger charge is 2.75. The Balaban J connectivity index is 1.54. The molecule has 0 N–H and O–H groups in total. The van der Waals surface area contributed by atoms with E-state index < -0.39 is 28.2 Å². The molecule has 4 heterocycles. The zero-order valence-electron chi connectivity index (χ0n) is 18.9. The van der Waals surface area contributed by atoms with Crippen LogP contribution in [0, 0.1) is 28.9 Å². The van der Waals surface area contributed by atoms with Crippen molar-refractivity contribution < 1.29 is 19.3 Å². The molecule has 9 nitrogen and oxygen atoms in total. The third-order valence-electron chi connectivity index (χ3n) is 8.09. The normalized spacial score (nSPS) is 29.8. The van der Waals surface area contributed by atoms with Gasteiger partial charge >= 0.3 is 0 Å². The lowest BCUT2D eigenvalue weighted by molar-refractivity contribution is -0.384. The lowest BCUT2D eigenvalue weighted by Crippen LogP contribution is -2.56. The second kappa shape index (κ2) is 6.96. The number of hydrogen-bond acceptors (Lipinski definition) is 6. The van der Waals surface area contributed by atoms with Gasteiger partial charge in [-0.3, -0.25) is 29.4 Å². The van der Waals surface area contributed by atoms with Crippen LogP contribution >= 0.6 is 0 Å². The number of anilines is 2. The van der Waals surface area contributed by atoms with Crippen LogP contribution in [0.1, 0.15) is 30.9 Å². The van der Waals surface area contributed by atoms with Crippen LogP contribution in [-0.2, 0) is 19.9 Å². The highest BCUT2D eigenvalue weighted by molar-refractivity contribution is 6.26. The Morgan fingerprint density at radius 2 is 1.85 bits per heavy atom. The zero-order chi connectivity index (χ0) is 23.9. The molecular formula is C25H24N4O5. The van der Waals surface area contributed by atoms with Crippen LogP contribution in [0.2, 0.25) is 0 Å². The largest absolute Gasteiger partial charge is 0.310 e. The van der Waals surface area contributed by atoms with E-state index in [4.69, 9.17) is 0 Å². The predicted octanol–water partition coefficient (Wildman–Crippen LogP) is 2.75. The highest BCUT2D eigenvalue weighted by atomic mass is 16.6. The smallest absolute Gasteiger partial charge is 0.269 e. The van der Waals surface area contributed by atoms with Crippen LogP contribution < -0.4 is 9.80 Å². The number of carbonyl (C=O) groups excluding carboxylic acids is 3. The van der Waals surface area contributed by atoms with Crippen molar-refractivity contribution in [2.75, 3.05) is 22.9 Å². The summed E-state index contributed by atoms with van der Waals surface area (Å²) in [5.41, 5.74) is 1.12. The topological polar surface area (TPSA) is 104 Å².